The summed E-state index contributed by atoms with van der Waals surface area (Å²) >= 11 is 0. The maximum atomic E-state index is 14.1. The Labute approximate surface area is 253 Å². The van der Waals surface area contributed by atoms with Crippen LogP contribution in [-0.4, -0.2) is 89.2 Å². The molecule has 1 spiro atoms. The Morgan fingerprint density at radius 1 is 0.860 bits per heavy atom. The molecule has 2 aromatic rings. The van der Waals surface area contributed by atoms with Crippen LogP contribution in [0.4, 0.5) is 10.5 Å². The number of ether oxygens (including phenoxy) is 2. The SMILES string of the molecule is CC(C)(C)OC(=O)N1CCC2(CC1)C(=O)N(Cc1cccc(C(=O)OCC(=O)N3CCCCC3)c1)CN2c1ccccc1. The normalized spacial score (nSPS) is 18.6. The van der Waals surface area contributed by atoms with Crippen LogP contribution in [0.25, 0.3) is 0 Å². The Morgan fingerprint density at radius 3 is 2.23 bits per heavy atom. The maximum absolute atomic E-state index is 14.1. The van der Waals surface area contributed by atoms with Gasteiger partial charge in [-0.3, -0.25) is 9.59 Å². The van der Waals surface area contributed by atoms with E-state index in [-0.39, 0.29) is 24.5 Å². The molecule has 0 aromatic heterocycles. The minimum atomic E-state index is -0.786. The van der Waals surface area contributed by atoms with Gasteiger partial charge in [0.15, 0.2) is 6.61 Å². The van der Waals surface area contributed by atoms with Crippen LogP contribution in [0.2, 0.25) is 0 Å². The minimum absolute atomic E-state index is 0.000277. The van der Waals surface area contributed by atoms with Crippen LogP contribution in [0, 0.1) is 0 Å². The summed E-state index contributed by atoms with van der Waals surface area (Å²) in [6.45, 7) is 8.18. The molecule has 10 nitrogen and oxygen atoms in total. The fraction of sp³-hybridized carbons (Fsp3) is 0.515. The van der Waals surface area contributed by atoms with Gasteiger partial charge in [0, 0.05) is 38.4 Å². The Bertz CT molecular complexity index is 1330. The number of para-hydroxylation sites is 1. The molecule has 0 atom stereocenters. The number of amides is 3. The van der Waals surface area contributed by atoms with Gasteiger partial charge in [0.25, 0.3) is 5.91 Å². The zero-order chi connectivity index (χ0) is 30.6. The second kappa shape index (κ2) is 12.7. The van der Waals surface area contributed by atoms with Gasteiger partial charge in [-0.25, -0.2) is 9.59 Å². The molecule has 3 aliphatic heterocycles. The second-order valence-electron chi connectivity index (χ2n) is 12.6. The average molecular weight is 591 g/mol. The Balaban J connectivity index is 1.27. The number of rotatable bonds is 6. The van der Waals surface area contributed by atoms with Crippen molar-refractivity contribution in [2.45, 2.75) is 70.6 Å². The quantitative estimate of drug-likeness (QED) is 0.459. The smallest absolute Gasteiger partial charge is 0.410 e. The topological polar surface area (TPSA) is 99.7 Å². The molecule has 2 aromatic carbocycles. The van der Waals surface area contributed by atoms with Gasteiger partial charge in [0.05, 0.1) is 12.2 Å². The van der Waals surface area contributed by atoms with Crippen LogP contribution in [0.15, 0.2) is 54.6 Å². The first-order valence-electron chi connectivity index (χ1n) is 15.2. The summed E-state index contributed by atoms with van der Waals surface area (Å²) in [6, 6.07) is 16.9. The first-order valence-corrected chi connectivity index (χ1v) is 15.2. The van der Waals surface area contributed by atoms with E-state index in [1.807, 2.05) is 57.2 Å². The Kier molecular flexibility index (Phi) is 8.94. The fourth-order valence-corrected chi connectivity index (χ4v) is 6.17. The van der Waals surface area contributed by atoms with E-state index < -0.39 is 17.1 Å². The lowest BCUT2D eigenvalue weighted by atomic mass is 9.85. The van der Waals surface area contributed by atoms with Gasteiger partial charge in [-0.05, 0) is 82.7 Å². The summed E-state index contributed by atoms with van der Waals surface area (Å²) in [5.74, 6) is -0.729. The van der Waals surface area contributed by atoms with E-state index in [1.165, 1.54) is 0 Å². The predicted molar refractivity (Wildman–Crippen MR) is 161 cm³/mol. The lowest BCUT2D eigenvalue weighted by molar-refractivity contribution is -0.135. The standard InChI is InChI=1S/C33H42N4O6/c1-32(2,3)43-31(41)35-19-15-33(16-20-35)30(40)36(24-37(33)27-13-6-4-7-14-27)22-25-11-10-12-26(21-25)29(39)42-23-28(38)34-17-8-5-9-18-34/h4,6-7,10-14,21H,5,8-9,15-20,22-24H2,1-3H3. The monoisotopic (exact) mass is 590 g/mol. The highest BCUT2D eigenvalue weighted by atomic mass is 16.6. The fourth-order valence-electron chi connectivity index (χ4n) is 6.17. The zero-order valence-corrected chi connectivity index (χ0v) is 25.4. The third-order valence-electron chi connectivity index (χ3n) is 8.40. The molecule has 43 heavy (non-hydrogen) atoms. The third kappa shape index (κ3) is 6.95. The molecule has 0 radical (unpaired) electrons. The molecule has 3 aliphatic rings. The van der Waals surface area contributed by atoms with Gasteiger partial charge in [0.1, 0.15) is 11.1 Å². The van der Waals surface area contributed by atoms with E-state index in [4.69, 9.17) is 9.47 Å². The molecule has 3 fully saturated rings. The molecule has 0 saturated carbocycles. The molecule has 5 rings (SSSR count). The molecule has 0 aliphatic carbocycles. The molecule has 0 N–H and O–H groups in total. The number of likely N-dealkylation sites (tertiary alicyclic amines) is 2. The van der Waals surface area contributed by atoms with Crippen LogP contribution < -0.4 is 4.90 Å². The summed E-state index contributed by atoms with van der Waals surface area (Å²) < 4.78 is 10.9. The summed E-state index contributed by atoms with van der Waals surface area (Å²) in [5.41, 5.74) is 0.703. The lowest BCUT2D eigenvalue weighted by Gasteiger charge is -2.43. The first-order chi connectivity index (χ1) is 20.6. The van der Waals surface area contributed by atoms with Crippen molar-refractivity contribution >= 4 is 29.6 Å². The summed E-state index contributed by atoms with van der Waals surface area (Å²) in [5, 5.41) is 0. The summed E-state index contributed by atoms with van der Waals surface area (Å²) in [6.07, 6.45) is 3.66. The maximum Gasteiger partial charge on any atom is 0.410 e. The molecular formula is C33H42N4O6. The lowest BCUT2D eigenvalue weighted by Crippen LogP contribution is -2.57. The van der Waals surface area contributed by atoms with Gasteiger partial charge >= 0.3 is 12.1 Å². The van der Waals surface area contributed by atoms with Crippen LogP contribution in [0.1, 0.15) is 68.8 Å². The van der Waals surface area contributed by atoms with Gasteiger partial charge in [-0.1, -0.05) is 30.3 Å². The highest BCUT2D eigenvalue weighted by Gasteiger charge is 2.54. The van der Waals surface area contributed by atoms with Gasteiger partial charge < -0.3 is 29.1 Å². The van der Waals surface area contributed by atoms with E-state index in [0.717, 1.165) is 30.5 Å². The number of carbonyl (C=O) groups excluding carboxylic acids is 4. The molecular weight excluding hydrogens is 548 g/mol. The van der Waals surface area contributed by atoms with Gasteiger partial charge in [-0.2, -0.15) is 0 Å². The van der Waals surface area contributed by atoms with E-state index in [2.05, 4.69) is 4.90 Å². The van der Waals surface area contributed by atoms with Gasteiger partial charge in [0.2, 0.25) is 5.91 Å². The minimum Gasteiger partial charge on any atom is -0.452 e. The van der Waals surface area contributed by atoms with Crippen molar-refractivity contribution in [3.05, 3.63) is 65.7 Å². The molecule has 3 amide bonds. The van der Waals surface area contributed by atoms with E-state index >= 15 is 0 Å². The number of esters is 1. The van der Waals surface area contributed by atoms with E-state index in [1.54, 1.807) is 32.9 Å². The van der Waals surface area contributed by atoms with Crippen LogP contribution in [-0.2, 0) is 25.6 Å². The highest BCUT2D eigenvalue weighted by Crippen LogP contribution is 2.40. The highest BCUT2D eigenvalue weighted by molar-refractivity contribution is 5.94. The number of anilines is 1. The number of carbonyl (C=O) groups is 4. The van der Waals surface area contributed by atoms with Crippen molar-refractivity contribution in [3.8, 4) is 0 Å². The van der Waals surface area contributed by atoms with Crippen molar-refractivity contribution in [2.75, 3.05) is 44.4 Å². The molecule has 3 saturated heterocycles. The summed E-state index contributed by atoms with van der Waals surface area (Å²) in [4.78, 5) is 59.5. The van der Waals surface area contributed by atoms with E-state index in [0.29, 0.717) is 57.8 Å². The zero-order valence-electron chi connectivity index (χ0n) is 25.4. The van der Waals surface area contributed by atoms with Crippen molar-refractivity contribution in [3.63, 3.8) is 0 Å². The largest absolute Gasteiger partial charge is 0.452 e. The van der Waals surface area contributed by atoms with Crippen LogP contribution in [0.3, 0.4) is 0 Å². The van der Waals surface area contributed by atoms with Crippen molar-refractivity contribution in [2.24, 2.45) is 0 Å². The molecule has 230 valence electrons. The molecule has 0 bridgehead atoms. The number of nitrogens with zero attached hydrogens (tertiary/aromatic N) is 4. The predicted octanol–water partition coefficient (Wildman–Crippen LogP) is 4.43. The third-order valence-corrected chi connectivity index (χ3v) is 8.40. The van der Waals surface area contributed by atoms with Gasteiger partial charge in [-0.15, -0.1) is 0 Å². The Hall–Kier alpha value is -4.08. The van der Waals surface area contributed by atoms with Crippen LogP contribution in [0.5, 0.6) is 0 Å². The van der Waals surface area contributed by atoms with Crippen LogP contribution >= 0.6 is 0 Å². The number of hydrogen-bond donors (Lipinski definition) is 0. The molecule has 3 heterocycles. The number of benzene rings is 2. The number of piperidine rings is 2. The van der Waals surface area contributed by atoms with Crippen molar-refractivity contribution in [1.82, 2.24) is 14.7 Å². The molecule has 10 heteroatoms. The number of hydrogen-bond acceptors (Lipinski definition) is 7. The Morgan fingerprint density at radius 2 is 1.56 bits per heavy atom. The van der Waals surface area contributed by atoms with Crippen molar-refractivity contribution in [1.29, 1.82) is 0 Å². The first kappa shape index (κ1) is 30.4. The van der Waals surface area contributed by atoms with E-state index in [9.17, 15) is 19.2 Å². The second-order valence-corrected chi connectivity index (χ2v) is 12.6. The average Bonchev–Trinajstić information content (AvgIpc) is 3.26. The summed E-state index contributed by atoms with van der Waals surface area (Å²) in [7, 11) is 0. The molecule has 0 unspecified atom stereocenters. The van der Waals surface area contributed by atoms with Crippen molar-refractivity contribution < 1.29 is 28.7 Å².